The average Bonchev–Trinajstić information content (AvgIpc) is 2.92. The zero-order valence-corrected chi connectivity index (χ0v) is 13.1. The van der Waals surface area contributed by atoms with Crippen LogP contribution in [0.3, 0.4) is 0 Å². The van der Waals surface area contributed by atoms with Crippen molar-refractivity contribution in [1.82, 2.24) is 14.8 Å². The summed E-state index contributed by atoms with van der Waals surface area (Å²) in [5.41, 5.74) is 1.83. The van der Waals surface area contributed by atoms with E-state index < -0.39 is 12.0 Å². The molecule has 0 radical (unpaired) electrons. The number of phenolic OH excluding ortho intramolecular Hbond substituents is 1. The highest BCUT2D eigenvalue weighted by atomic mass is 16.5. The van der Waals surface area contributed by atoms with Gasteiger partial charge in [0.25, 0.3) is 0 Å². The highest BCUT2D eigenvalue weighted by Gasteiger charge is 2.34. The van der Waals surface area contributed by atoms with Gasteiger partial charge in [-0.1, -0.05) is 12.1 Å². The van der Waals surface area contributed by atoms with E-state index in [1.165, 1.54) is 6.33 Å². The molecule has 3 rings (SSSR count). The zero-order valence-electron chi connectivity index (χ0n) is 13.1. The van der Waals surface area contributed by atoms with E-state index in [1.807, 2.05) is 6.07 Å². The van der Waals surface area contributed by atoms with Crippen molar-refractivity contribution in [2.24, 2.45) is 0 Å². The zero-order chi connectivity index (χ0) is 16.6. The molecule has 2 aromatic rings. The van der Waals surface area contributed by atoms with Crippen molar-refractivity contribution in [3.05, 3.63) is 47.4 Å². The number of hydrogen-bond acceptors (Lipinski definition) is 6. The van der Waals surface area contributed by atoms with E-state index in [4.69, 9.17) is 4.74 Å². The number of anilines is 1. The molecule has 2 heterocycles. The van der Waals surface area contributed by atoms with Crippen LogP contribution in [-0.2, 0) is 9.53 Å². The highest BCUT2D eigenvalue weighted by molar-refractivity contribution is 5.92. The summed E-state index contributed by atoms with van der Waals surface area (Å²) in [4.78, 5) is 16.7. The molecule has 0 fully saturated rings. The summed E-state index contributed by atoms with van der Waals surface area (Å²) in [7, 11) is 0. The van der Waals surface area contributed by atoms with Crippen molar-refractivity contribution < 1.29 is 14.6 Å². The van der Waals surface area contributed by atoms with Gasteiger partial charge in [-0.15, -0.1) is 0 Å². The van der Waals surface area contributed by atoms with Gasteiger partial charge in [0.1, 0.15) is 18.1 Å². The Kier molecular flexibility index (Phi) is 3.77. The number of aromatic hydroxyl groups is 1. The summed E-state index contributed by atoms with van der Waals surface area (Å²) in [6.45, 7) is 5.40. The molecule has 1 atom stereocenters. The van der Waals surface area contributed by atoms with Crippen molar-refractivity contribution in [2.75, 3.05) is 5.32 Å². The number of ether oxygens (including phenoxy) is 1. The lowest BCUT2D eigenvalue weighted by atomic mass is 9.95. The Morgan fingerprint density at radius 1 is 1.43 bits per heavy atom. The molecule has 1 aromatic heterocycles. The lowest BCUT2D eigenvalue weighted by Gasteiger charge is -2.28. The summed E-state index contributed by atoms with van der Waals surface area (Å²) in [6.07, 6.45) is 1.19. The van der Waals surface area contributed by atoms with Crippen LogP contribution in [0.5, 0.6) is 5.75 Å². The largest absolute Gasteiger partial charge is 0.508 e. The standard InChI is InChI=1S/C16H18N4O3/c1-9(2)23-15(22)13-10(3)19-16-17-8-18-20(16)14(13)11-5-4-6-12(21)7-11/h4-9,14,21H,1-3H3,(H,17,18,19)/t14-/m1/s1. The minimum absolute atomic E-state index is 0.122. The fraction of sp³-hybridized carbons (Fsp3) is 0.312. The van der Waals surface area contributed by atoms with Crippen molar-refractivity contribution in [3.63, 3.8) is 0 Å². The fourth-order valence-electron chi connectivity index (χ4n) is 2.64. The number of nitrogens with one attached hydrogen (secondary N) is 1. The van der Waals surface area contributed by atoms with Gasteiger partial charge in [0.05, 0.1) is 11.7 Å². The molecule has 0 aliphatic carbocycles. The number of benzene rings is 1. The van der Waals surface area contributed by atoms with Crippen molar-refractivity contribution in [1.29, 1.82) is 0 Å². The second kappa shape index (κ2) is 5.75. The number of phenols is 1. The van der Waals surface area contributed by atoms with E-state index in [1.54, 1.807) is 43.7 Å². The summed E-state index contributed by atoms with van der Waals surface area (Å²) in [5, 5.41) is 17.1. The van der Waals surface area contributed by atoms with Gasteiger partial charge in [0, 0.05) is 5.70 Å². The number of esters is 1. The second-order valence-electron chi connectivity index (χ2n) is 5.64. The van der Waals surface area contributed by atoms with Crippen LogP contribution >= 0.6 is 0 Å². The van der Waals surface area contributed by atoms with Crippen LogP contribution in [0.25, 0.3) is 0 Å². The van der Waals surface area contributed by atoms with Crippen LogP contribution in [0.2, 0.25) is 0 Å². The third-order valence-corrected chi connectivity index (χ3v) is 3.54. The maximum absolute atomic E-state index is 12.6. The molecule has 0 saturated heterocycles. The molecule has 7 nitrogen and oxygen atoms in total. The second-order valence-corrected chi connectivity index (χ2v) is 5.64. The fourth-order valence-corrected chi connectivity index (χ4v) is 2.64. The minimum atomic E-state index is -0.507. The van der Waals surface area contributed by atoms with Gasteiger partial charge in [-0.3, -0.25) is 0 Å². The SMILES string of the molecule is CC1=C(C(=O)OC(C)C)[C@@H](c2cccc(O)c2)n2ncnc2N1. The van der Waals surface area contributed by atoms with E-state index >= 15 is 0 Å². The van der Waals surface area contributed by atoms with E-state index in [0.717, 1.165) is 5.56 Å². The molecule has 0 saturated carbocycles. The molecular weight excluding hydrogens is 296 g/mol. The van der Waals surface area contributed by atoms with Crippen LogP contribution in [0.15, 0.2) is 41.9 Å². The first-order valence-corrected chi connectivity index (χ1v) is 7.34. The predicted octanol–water partition coefficient (Wildman–Crippen LogP) is 2.22. The Hall–Kier alpha value is -2.83. The normalized spacial score (nSPS) is 17.0. The molecule has 7 heteroatoms. The van der Waals surface area contributed by atoms with E-state index in [2.05, 4.69) is 15.4 Å². The molecule has 0 unspecified atom stereocenters. The number of nitrogens with zero attached hydrogens (tertiary/aromatic N) is 3. The van der Waals surface area contributed by atoms with E-state index in [-0.39, 0.29) is 11.9 Å². The Morgan fingerprint density at radius 2 is 2.22 bits per heavy atom. The van der Waals surface area contributed by atoms with E-state index in [9.17, 15) is 9.90 Å². The van der Waals surface area contributed by atoms with Gasteiger partial charge in [-0.25, -0.2) is 9.48 Å². The average molecular weight is 314 g/mol. The highest BCUT2D eigenvalue weighted by Crippen LogP contribution is 2.36. The van der Waals surface area contributed by atoms with Crippen LogP contribution in [-0.4, -0.2) is 31.9 Å². The number of hydrogen-bond donors (Lipinski definition) is 2. The van der Waals surface area contributed by atoms with Crippen LogP contribution in [0.4, 0.5) is 5.95 Å². The van der Waals surface area contributed by atoms with Crippen LogP contribution in [0.1, 0.15) is 32.4 Å². The molecule has 1 aliphatic rings. The monoisotopic (exact) mass is 314 g/mol. The van der Waals surface area contributed by atoms with Gasteiger partial charge in [-0.05, 0) is 38.5 Å². The number of carbonyl (C=O) groups is 1. The number of fused-ring (bicyclic) bond motifs is 1. The molecule has 0 spiro atoms. The summed E-state index contributed by atoms with van der Waals surface area (Å²) in [5.74, 6) is 0.244. The van der Waals surface area contributed by atoms with Gasteiger partial charge in [-0.2, -0.15) is 10.1 Å². The Balaban J connectivity index is 2.13. The molecule has 1 aliphatic heterocycles. The quantitative estimate of drug-likeness (QED) is 0.845. The molecule has 0 bridgehead atoms. The first-order valence-electron chi connectivity index (χ1n) is 7.34. The Bertz CT molecular complexity index is 779. The minimum Gasteiger partial charge on any atom is -0.508 e. The molecule has 1 aromatic carbocycles. The van der Waals surface area contributed by atoms with Gasteiger partial charge in [0.15, 0.2) is 0 Å². The third-order valence-electron chi connectivity index (χ3n) is 3.54. The van der Waals surface area contributed by atoms with Gasteiger partial charge >= 0.3 is 5.97 Å². The number of allylic oxidation sites excluding steroid dienone is 1. The summed E-state index contributed by atoms with van der Waals surface area (Å²) >= 11 is 0. The van der Waals surface area contributed by atoms with Gasteiger partial charge in [0.2, 0.25) is 5.95 Å². The number of rotatable bonds is 3. The van der Waals surface area contributed by atoms with Crippen molar-refractivity contribution >= 4 is 11.9 Å². The molecular formula is C16H18N4O3. The molecule has 0 amide bonds. The summed E-state index contributed by atoms with van der Waals surface area (Å²) < 4.78 is 6.98. The number of carbonyl (C=O) groups excluding carboxylic acids is 1. The van der Waals surface area contributed by atoms with Gasteiger partial charge < -0.3 is 15.2 Å². The first kappa shape index (κ1) is 15.1. The molecule has 23 heavy (non-hydrogen) atoms. The van der Waals surface area contributed by atoms with Crippen molar-refractivity contribution in [3.8, 4) is 5.75 Å². The Labute approximate surface area is 133 Å². The van der Waals surface area contributed by atoms with Crippen LogP contribution < -0.4 is 5.32 Å². The molecule has 120 valence electrons. The molecule has 2 N–H and O–H groups in total. The van der Waals surface area contributed by atoms with Crippen LogP contribution in [0, 0.1) is 0 Å². The first-order chi connectivity index (χ1) is 11.0. The number of aromatic nitrogens is 3. The third kappa shape index (κ3) is 2.77. The summed E-state index contributed by atoms with van der Waals surface area (Å²) in [6, 6.07) is 6.24. The topological polar surface area (TPSA) is 89.3 Å². The maximum Gasteiger partial charge on any atom is 0.338 e. The Morgan fingerprint density at radius 3 is 2.91 bits per heavy atom. The predicted molar refractivity (Wildman–Crippen MR) is 83.8 cm³/mol. The van der Waals surface area contributed by atoms with Crippen molar-refractivity contribution in [2.45, 2.75) is 32.9 Å². The van der Waals surface area contributed by atoms with E-state index in [0.29, 0.717) is 17.2 Å². The lowest BCUT2D eigenvalue weighted by Crippen LogP contribution is -2.30. The maximum atomic E-state index is 12.6. The lowest BCUT2D eigenvalue weighted by molar-refractivity contribution is -0.143. The smallest absolute Gasteiger partial charge is 0.338 e.